The van der Waals surface area contributed by atoms with Crippen LogP contribution in [0.3, 0.4) is 0 Å². The van der Waals surface area contributed by atoms with Gasteiger partial charge in [-0.1, -0.05) is 26.3 Å². The Bertz CT molecular complexity index is 344. The number of primary amides is 1. The molecule has 0 aliphatic carbocycles. The fraction of sp³-hybridized carbons (Fsp3) is 0.636. The van der Waals surface area contributed by atoms with E-state index in [0.29, 0.717) is 12.0 Å². The standard InChI is InChI=1S/C11H20N2O3Si/c1-3-5-7-6-8(14)13(10(7)16)11(9(12)15)17-4-2/h6,10-11,16H,3-5,17H2,1-2H3,(H2,12,15)/t10?,11-/m0/s1. The summed E-state index contributed by atoms with van der Waals surface area (Å²) in [5.74, 6) is -0.789. The Hall–Kier alpha value is -1.14. The molecule has 1 aliphatic heterocycles. The summed E-state index contributed by atoms with van der Waals surface area (Å²) in [6, 6.07) is 0.868. The molecule has 2 amide bonds. The first-order chi connectivity index (χ1) is 8.02. The molecule has 1 aliphatic rings. The van der Waals surface area contributed by atoms with Gasteiger partial charge >= 0.3 is 0 Å². The van der Waals surface area contributed by atoms with Crippen LogP contribution < -0.4 is 5.73 Å². The van der Waals surface area contributed by atoms with Crippen molar-refractivity contribution in [3.8, 4) is 0 Å². The third kappa shape index (κ3) is 2.95. The second-order valence-corrected chi connectivity index (χ2v) is 6.65. The summed E-state index contributed by atoms with van der Waals surface area (Å²) in [4.78, 5) is 24.4. The maximum atomic E-state index is 11.8. The highest BCUT2D eigenvalue weighted by Crippen LogP contribution is 2.23. The minimum atomic E-state index is -0.959. The molecule has 0 saturated carbocycles. The van der Waals surface area contributed by atoms with E-state index in [2.05, 4.69) is 0 Å². The third-order valence-corrected chi connectivity index (χ3v) is 4.84. The minimum absolute atomic E-state index is 0.286. The lowest BCUT2D eigenvalue weighted by Gasteiger charge is -2.29. The Kier molecular flexibility index (Phi) is 4.89. The quantitative estimate of drug-likeness (QED) is 0.616. The summed E-state index contributed by atoms with van der Waals surface area (Å²) < 4.78 is 0. The van der Waals surface area contributed by atoms with Gasteiger partial charge in [0.1, 0.15) is 0 Å². The van der Waals surface area contributed by atoms with Crippen molar-refractivity contribution in [1.29, 1.82) is 0 Å². The number of amides is 2. The molecule has 0 fully saturated rings. The third-order valence-electron chi connectivity index (χ3n) is 2.92. The number of aliphatic hydroxyl groups excluding tert-OH is 1. The topological polar surface area (TPSA) is 83.6 Å². The van der Waals surface area contributed by atoms with Crippen molar-refractivity contribution >= 4 is 21.3 Å². The van der Waals surface area contributed by atoms with Crippen molar-refractivity contribution in [1.82, 2.24) is 4.90 Å². The second kappa shape index (κ2) is 5.97. The van der Waals surface area contributed by atoms with Crippen LogP contribution in [-0.4, -0.2) is 43.2 Å². The van der Waals surface area contributed by atoms with E-state index in [-0.39, 0.29) is 5.91 Å². The summed E-state index contributed by atoms with van der Waals surface area (Å²) in [6.07, 6.45) is 2.01. The van der Waals surface area contributed by atoms with Crippen molar-refractivity contribution in [2.24, 2.45) is 5.73 Å². The molecule has 5 nitrogen and oxygen atoms in total. The Balaban J connectivity index is 2.85. The second-order valence-electron chi connectivity index (χ2n) is 4.30. The molecular formula is C11H20N2O3Si. The first kappa shape index (κ1) is 13.9. The van der Waals surface area contributed by atoms with E-state index < -0.39 is 27.3 Å². The molecule has 0 saturated heterocycles. The number of nitrogens with zero attached hydrogens (tertiary/aromatic N) is 1. The van der Waals surface area contributed by atoms with Gasteiger partial charge in [-0.05, 0) is 12.0 Å². The molecule has 17 heavy (non-hydrogen) atoms. The number of hydrogen-bond donors (Lipinski definition) is 2. The van der Waals surface area contributed by atoms with Crippen molar-refractivity contribution < 1.29 is 14.7 Å². The van der Waals surface area contributed by atoms with Crippen LogP contribution in [0.25, 0.3) is 0 Å². The van der Waals surface area contributed by atoms with Gasteiger partial charge in [0.05, 0.1) is 15.2 Å². The maximum absolute atomic E-state index is 11.8. The Morgan fingerprint density at radius 3 is 2.76 bits per heavy atom. The van der Waals surface area contributed by atoms with Gasteiger partial charge in [0, 0.05) is 6.08 Å². The predicted octanol–water partition coefficient (Wildman–Crippen LogP) is -0.708. The van der Waals surface area contributed by atoms with E-state index in [0.717, 1.165) is 12.5 Å². The Morgan fingerprint density at radius 1 is 1.65 bits per heavy atom. The molecule has 0 spiro atoms. The van der Waals surface area contributed by atoms with Gasteiger partial charge in [-0.2, -0.15) is 0 Å². The van der Waals surface area contributed by atoms with Gasteiger partial charge in [-0.3, -0.25) is 9.59 Å². The number of aliphatic hydroxyl groups is 1. The first-order valence-corrected chi connectivity index (χ1v) is 7.84. The number of carbonyl (C=O) groups excluding carboxylic acids is 2. The molecule has 2 atom stereocenters. The van der Waals surface area contributed by atoms with Crippen molar-refractivity contribution in [2.75, 3.05) is 0 Å². The van der Waals surface area contributed by atoms with Crippen LogP contribution in [0.15, 0.2) is 11.6 Å². The van der Waals surface area contributed by atoms with Crippen molar-refractivity contribution in [3.05, 3.63) is 11.6 Å². The summed E-state index contributed by atoms with van der Waals surface area (Å²) in [5.41, 5.74) is 5.43. The highest BCUT2D eigenvalue weighted by atomic mass is 28.2. The minimum Gasteiger partial charge on any atom is -0.369 e. The zero-order valence-electron chi connectivity index (χ0n) is 10.3. The van der Waals surface area contributed by atoms with E-state index in [9.17, 15) is 14.7 Å². The van der Waals surface area contributed by atoms with Crippen LogP contribution in [-0.2, 0) is 9.59 Å². The number of carbonyl (C=O) groups is 2. The lowest BCUT2D eigenvalue weighted by atomic mass is 10.1. The van der Waals surface area contributed by atoms with Gasteiger partial charge < -0.3 is 15.7 Å². The molecule has 1 heterocycles. The number of nitrogens with two attached hydrogens (primary N) is 1. The molecule has 0 aromatic heterocycles. The summed E-state index contributed by atoms with van der Waals surface area (Å²) in [7, 11) is -0.804. The van der Waals surface area contributed by atoms with Gasteiger partial charge in [-0.25, -0.2) is 0 Å². The van der Waals surface area contributed by atoms with Crippen molar-refractivity contribution in [3.63, 3.8) is 0 Å². The molecule has 0 aromatic carbocycles. The smallest absolute Gasteiger partial charge is 0.249 e. The highest BCUT2D eigenvalue weighted by Gasteiger charge is 2.37. The van der Waals surface area contributed by atoms with Gasteiger partial charge in [0.2, 0.25) is 11.8 Å². The average molecular weight is 256 g/mol. The van der Waals surface area contributed by atoms with Crippen LogP contribution in [0.1, 0.15) is 26.7 Å². The molecule has 1 rings (SSSR count). The summed E-state index contributed by atoms with van der Waals surface area (Å²) in [5, 5.41) is 10.0. The molecule has 1 unspecified atom stereocenters. The summed E-state index contributed by atoms with van der Waals surface area (Å²) >= 11 is 0. The first-order valence-electron chi connectivity index (χ1n) is 6.03. The molecule has 0 bridgehead atoms. The lowest BCUT2D eigenvalue weighted by molar-refractivity contribution is -0.138. The van der Waals surface area contributed by atoms with Crippen molar-refractivity contribution in [2.45, 2.75) is 44.6 Å². The SMILES string of the molecule is CCCC1=CC(=O)N([C@@H]([SiH2]CC)C(N)=O)C1O. The van der Waals surface area contributed by atoms with E-state index in [1.165, 1.54) is 11.0 Å². The zero-order valence-corrected chi connectivity index (χ0v) is 11.8. The fourth-order valence-corrected chi connectivity index (χ4v) is 3.60. The van der Waals surface area contributed by atoms with Crippen LogP contribution in [0, 0.1) is 0 Å². The van der Waals surface area contributed by atoms with E-state index in [1.807, 2.05) is 13.8 Å². The van der Waals surface area contributed by atoms with Crippen LogP contribution in [0.4, 0.5) is 0 Å². The molecular weight excluding hydrogens is 236 g/mol. The van der Waals surface area contributed by atoms with Crippen LogP contribution >= 0.6 is 0 Å². The highest BCUT2D eigenvalue weighted by molar-refractivity contribution is 6.44. The zero-order chi connectivity index (χ0) is 13.0. The average Bonchev–Trinajstić information content (AvgIpc) is 2.52. The van der Waals surface area contributed by atoms with Gasteiger partial charge in [0.15, 0.2) is 6.23 Å². The number of hydrogen-bond acceptors (Lipinski definition) is 3. The largest absolute Gasteiger partial charge is 0.369 e. The molecule has 0 aromatic rings. The van der Waals surface area contributed by atoms with E-state index in [1.54, 1.807) is 0 Å². The number of rotatable bonds is 6. The molecule has 96 valence electrons. The Morgan fingerprint density at radius 2 is 2.29 bits per heavy atom. The fourth-order valence-electron chi connectivity index (χ4n) is 2.11. The molecule has 6 heteroatoms. The molecule has 3 N–H and O–H groups in total. The maximum Gasteiger partial charge on any atom is 0.249 e. The predicted molar refractivity (Wildman–Crippen MR) is 67.9 cm³/mol. The van der Waals surface area contributed by atoms with E-state index in [4.69, 9.17) is 5.73 Å². The summed E-state index contributed by atoms with van der Waals surface area (Å²) in [6.45, 7) is 3.95. The monoisotopic (exact) mass is 256 g/mol. The molecule has 0 radical (unpaired) electrons. The van der Waals surface area contributed by atoms with Crippen LogP contribution in [0.5, 0.6) is 0 Å². The van der Waals surface area contributed by atoms with Gasteiger partial charge in [-0.15, -0.1) is 0 Å². The lowest BCUT2D eigenvalue weighted by Crippen LogP contribution is -2.53. The van der Waals surface area contributed by atoms with Gasteiger partial charge in [0.25, 0.3) is 0 Å². The normalized spacial score (nSPS) is 22.3. The van der Waals surface area contributed by atoms with E-state index >= 15 is 0 Å². The Labute approximate surface area is 103 Å². The van der Waals surface area contributed by atoms with Crippen LogP contribution in [0.2, 0.25) is 6.04 Å².